The zero-order chi connectivity index (χ0) is 15.9. The van der Waals surface area contributed by atoms with Crippen LogP contribution in [-0.2, 0) is 23.4 Å². The molecule has 22 heavy (non-hydrogen) atoms. The van der Waals surface area contributed by atoms with Gasteiger partial charge in [-0.3, -0.25) is 15.0 Å². The number of nitrogens with zero attached hydrogens (tertiary/aromatic N) is 1. The smallest absolute Gasteiger partial charge is 0.293 e. The summed E-state index contributed by atoms with van der Waals surface area (Å²) in [4.78, 5) is 28.8. The number of thiazole rings is 1. The van der Waals surface area contributed by atoms with Gasteiger partial charge in [-0.1, -0.05) is 11.8 Å². The third-order valence-electron chi connectivity index (χ3n) is 2.64. The molecule has 2 aromatic heterocycles. The monoisotopic (exact) mass is 356 g/mol. The summed E-state index contributed by atoms with van der Waals surface area (Å²) in [6, 6.07) is 4.10. The van der Waals surface area contributed by atoms with Crippen molar-refractivity contribution in [1.29, 1.82) is 0 Å². The molecule has 0 saturated heterocycles. The van der Waals surface area contributed by atoms with Gasteiger partial charge in [0.1, 0.15) is 0 Å². The number of carbonyl (C=O) groups excluding carboxylic acids is 2. The molecule has 0 aromatic carbocycles. The first-order valence-corrected chi connectivity index (χ1v) is 9.18. The Bertz CT molecular complexity index is 653. The number of amides is 2. The van der Waals surface area contributed by atoms with Crippen LogP contribution in [0, 0.1) is 0 Å². The number of aryl methyl sites for hydroxylation is 2. The predicted molar refractivity (Wildman–Crippen MR) is 92.2 cm³/mol. The third-order valence-corrected chi connectivity index (χ3v) is 5.61. The van der Waals surface area contributed by atoms with E-state index in [0.717, 1.165) is 35.2 Å². The Morgan fingerprint density at radius 2 is 2.09 bits per heavy atom. The number of hydrazine groups is 1. The number of hydrogen-bond acceptors (Lipinski definition) is 7. The van der Waals surface area contributed by atoms with Gasteiger partial charge in [0.2, 0.25) is 5.91 Å². The summed E-state index contributed by atoms with van der Waals surface area (Å²) in [6.45, 7) is 1.47. The fourth-order valence-corrected chi connectivity index (χ4v) is 4.16. The standard InChI is InChI=1S/C13H16N4O2S3/c1-8(18)15-12-16-9(6-20-12)2-3-10-4-5-11(22-10)7-21-13(19)17-14/h4-6H,2-3,7,14H2,1H3,(H,17,19)(H,15,16,18). The number of nitrogens with one attached hydrogen (secondary N) is 2. The lowest BCUT2D eigenvalue weighted by Crippen LogP contribution is -2.25. The van der Waals surface area contributed by atoms with E-state index in [1.807, 2.05) is 11.4 Å². The summed E-state index contributed by atoms with van der Waals surface area (Å²) < 4.78 is 0. The molecule has 0 saturated carbocycles. The fraction of sp³-hybridized carbons (Fsp3) is 0.308. The molecule has 0 bridgehead atoms. The Labute approximate surface area is 140 Å². The lowest BCUT2D eigenvalue weighted by atomic mass is 10.2. The topological polar surface area (TPSA) is 97.1 Å². The molecule has 0 radical (unpaired) electrons. The van der Waals surface area contributed by atoms with E-state index in [-0.39, 0.29) is 11.1 Å². The minimum absolute atomic E-state index is 0.109. The number of nitrogens with two attached hydrogens (primary N) is 1. The lowest BCUT2D eigenvalue weighted by Gasteiger charge is -1.97. The number of carbonyl (C=O) groups is 2. The number of rotatable bonds is 6. The molecular weight excluding hydrogens is 340 g/mol. The number of hydrogen-bond donors (Lipinski definition) is 3. The maximum absolute atomic E-state index is 11.1. The molecule has 0 unspecified atom stereocenters. The molecule has 6 nitrogen and oxygen atoms in total. The molecule has 0 aliphatic carbocycles. The van der Waals surface area contributed by atoms with Crippen molar-refractivity contribution in [2.24, 2.45) is 5.84 Å². The highest BCUT2D eigenvalue weighted by atomic mass is 32.2. The maximum Gasteiger partial charge on any atom is 0.293 e. The first-order chi connectivity index (χ1) is 10.6. The number of aromatic nitrogens is 1. The number of anilines is 1. The van der Waals surface area contributed by atoms with Crippen LogP contribution in [0.2, 0.25) is 0 Å². The molecule has 2 heterocycles. The molecule has 0 fully saturated rings. The van der Waals surface area contributed by atoms with Crippen LogP contribution in [0.25, 0.3) is 0 Å². The minimum Gasteiger partial charge on any atom is -0.302 e. The van der Waals surface area contributed by atoms with Gasteiger partial charge in [0.25, 0.3) is 5.24 Å². The van der Waals surface area contributed by atoms with Crippen molar-refractivity contribution >= 4 is 50.7 Å². The van der Waals surface area contributed by atoms with Crippen LogP contribution in [-0.4, -0.2) is 16.1 Å². The van der Waals surface area contributed by atoms with Gasteiger partial charge in [-0.05, 0) is 25.0 Å². The maximum atomic E-state index is 11.1. The summed E-state index contributed by atoms with van der Waals surface area (Å²) in [5.74, 6) is 5.55. The Kier molecular flexibility index (Phi) is 6.37. The van der Waals surface area contributed by atoms with Crippen LogP contribution in [0.15, 0.2) is 17.5 Å². The van der Waals surface area contributed by atoms with Crippen molar-refractivity contribution in [3.8, 4) is 0 Å². The molecule has 0 atom stereocenters. The van der Waals surface area contributed by atoms with E-state index >= 15 is 0 Å². The highest BCUT2D eigenvalue weighted by molar-refractivity contribution is 8.12. The van der Waals surface area contributed by atoms with Crippen LogP contribution < -0.4 is 16.6 Å². The molecule has 118 valence electrons. The second kappa shape index (κ2) is 8.28. The van der Waals surface area contributed by atoms with Crippen molar-refractivity contribution in [3.05, 3.63) is 33.0 Å². The third kappa shape index (κ3) is 5.41. The quantitative estimate of drug-likeness (QED) is 0.420. The van der Waals surface area contributed by atoms with Gasteiger partial charge in [0, 0.05) is 27.8 Å². The highest BCUT2D eigenvalue weighted by Gasteiger charge is 2.07. The average Bonchev–Trinajstić information content (AvgIpc) is 3.11. The number of thiophene rings is 1. The molecule has 4 N–H and O–H groups in total. The SMILES string of the molecule is CC(=O)Nc1nc(CCc2ccc(CSC(=O)NN)s2)cs1. The molecule has 2 amide bonds. The van der Waals surface area contributed by atoms with Crippen LogP contribution in [0.1, 0.15) is 22.4 Å². The van der Waals surface area contributed by atoms with Crippen LogP contribution in [0.4, 0.5) is 9.93 Å². The molecule has 2 rings (SSSR count). The molecular formula is C13H16N4O2S3. The minimum atomic E-state index is -0.233. The van der Waals surface area contributed by atoms with Gasteiger partial charge < -0.3 is 5.32 Å². The summed E-state index contributed by atoms with van der Waals surface area (Å²) in [5.41, 5.74) is 3.07. The fourth-order valence-electron chi connectivity index (χ4n) is 1.69. The lowest BCUT2D eigenvalue weighted by molar-refractivity contribution is -0.114. The number of thioether (sulfide) groups is 1. The van der Waals surface area contributed by atoms with Crippen LogP contribution in [0.3, 0.4) is 0 Å². The van der Waals surface area contributed by atoms with Gasteiger partial charge in [-0.2, -0.15) is 0 Å². The van der Waals surface area contributed by atoms with E-state index < -0.39 is 0 Å². The zero-order valence-corrected chi connectivity index (χ0v) is 14.4. The van der Waals surface area contributed by atoms with Crippen molar-refractivity contribution < 1.29 is 9.59 Å². The van der Waals surface area contributed by atoms with E-state index in [0.29, 0.717) is 10.9 Å². The van der Waals surface area contributed by atoms with Crippen LogP contribution >= 0.6 is 34.4 Å². The Balaban J connectivity index is 1.81. The Morgan fingerprint density at radius 3 is 2.82 bits per heavy atom. The van der Waals surface area contributed by atoms with Gasteiger partial charge in [-0.15, -0.1) is 22.7 Å². The van der Waals surface area contributed by atoms with Crippen molar-refractivity contribution in [3.63, 3.8) is 0 Å². The van der Waals surface area contributed by atoms with Gasteiger partial charge >= 0.3 is 0 Å². The van der Waals surface area contributed by atoms with Crippen molar-refractivity contribution in [2.45, 2.75) is 25.5 Å². The van der Waals surface area contributed by atoms with Gasteiger partial charge in [0.15, 0.2) is 5.13 Å². The first-order valence-electron chi connectivity index (χ1n) is 6.50. The van der Waals surface area contributed by atoms with Gasteiger partial charge in [-0.25, -0.2) is 10.8 Å². The molecule has 2 aromatic rings. The predicted octanol–water partition coefficient (Wildman–Crippen LogP) is 2.76. The first kappa shape index (κ1) is 16.9. The van der Waals surface area contributed by atoms with E-state index in [4.69, 9.17) is 5.84 Å². The highest BCUT2D eigenvalue weighted by Crippen LogP contribution is 2.24. The second-order valence-corrected chi connectivity index (χ2v) is 7.47. The second-order valence-electron chi connectivity index (χ2n) is 4.41. The summed E-state index contributed by atoms with van der Waals surface area (Å²) in [5, 5.41) is 5.04. The van der Waals surface area contributed by atoms with Crippen molar-refractivity contribution in [2.75, 3.05) is 5.32 Å². The summed E-state index contributed by atoms with van der Waals surface area (Å²) >= 11 is 4.27. The zero-order valence-electron chi connectivity index (χ0n) is 11.9. The van der Waals surface area contributed by atoms with Crippen LogP contribution in [0.5, 0.6) is 0 Å². The molecule has 0 aliphatic heterocycles. The normalized spacial score (nSPS) is 10.5. The Morgan fingerprint density at radius 1 is 1.32 bits per heavy atom. The van der Waals surface area contributed by atoms with E-state index in [9.17, 15) is 9.59 Å². The largest absolute Gasteiger partial charge is 0.302 e. The van der Waals surface area contributed by atoms with Crippen molar-refractivity contribution in [1.82, 2.24) is 10.4 Å². The summed E-state index contributed by atoms with van der Waals surface area (Å²) in [6.07, 6.45) is 1.72. The van der Waals surface area contributed by atoms with Gasteiger partial charge in [0.05, 0.1) is 5.69 Å². The van der Waals surface area contributed by atoms with E-state index in [1.165, 1.54) is 23.1 Å². The van der Waals surface area contributed by atoms with E-state index in [1.54, 1.807) is 11.3 Å². The van der Waals surface area contributed by atoms with E-state index in [2.05, 4.69) is 21.8 Å². The Hall–Kier alpha value is -1.42. The molecule has 0 spiro atoms. The summed E-state index contributed by atoms with van der Waals surface area (Å²) in [7, 11) is 0. The average molecular weight is 356 g/mol. The molecule has 0 aliphatic rings. The molecule has 9 heteroatoms.